The number of benzene rings is 1. The second-order valence-corrected chi connectivity index (χ2v) is 7.56. The van der Waals surface area contributed by atoms with E-state index in [0.29, 0.717) is 26.3 Å². The van der Waals surface area contributed by atoms with Gasteiger partial charge in [0.2, 0.25) is 11.9 Å². The van der Waals surface area contributed by atoms with Crippen LogP contribution in [0.15, 0.2) is 48.1 Å². The van der Waals surface area contributed by atoms with Crippen molar-refractivity contribution in [2.24, 2.45) is 0 Å². The van der Waals surface area contributed by atoms with E-state index < -0.39 is 0 Å². The molecule has 144 valence electrons. The fraction of sp³-hybridized carbons (Fsp3) is 0.421. The van der Waals surface area contributed by atoms with Crippen molar-refractivity contribution in [1.29, 1.82) is 0 Å². The van der Waals surface area contributed by atoms with E-state index in [1.165, 1.54) is 11.8 Å². The molecule has 0 aliphatic carbocycles. The summed E-state index contributed by atoms with van der Waals surface area (Å²) in [7, 11) is 0. The summed E-state index contributed by atoms with van der Waals surface area (Å²) in [5, 5.41) is 12.1. The Bertz CT molecular complexity index is 759. The molecule has 0 unspecified atom stereocenters. The predicted octanol–water partition coefficient (Wildman–Crippen LogP) is 1.95. The number of nitrogens with one attached hydrogen (secondary N) is 1. The SMILES string of the molecule is C=CCNC(=O)[C@@H](C)Sc1nnc(N2CCOCC2)n1Cc1ccccc1. The first-order valence-electron chi connectivity index (χ1n) is 9.04. The smallest absolute Gasteiger partial charge is 0.233 e. The van der Waals surface area contributed by atoms with Crippen molar-refractivity contribution in [2.75, 3.05) is 37.7 Å². The van der Waals surface area contributed by atoms with E-state index in [1.807, 2.05) is 25.1 Å². The van der Waals surface area contributed by atoms with E-state index in [-0.39, 0.29) is 11.2 Å². The lowest BCUT2D eigenvalue weighted by atomic mass is 10.2. The molecular formula is C19H25N5O2S. The molecule has 1 amide bonds. The maximum Gasteiger partial charge on any atom is 0.233 e. The summed E-state index contributed by atoms with van der Waals surface area (Å²) in [4.78, 5) is 14.4. The molecule has 8 heteroatoms. The van der Waals surface area contributed by atoms with E-state index in [0.717, 1.165) is 29.8 Å². The topological polar surface area (TPSA) is 72.3 Å². The first-order valence-corrected chi connectivity index (χ1v) is 9.92. The Morgan fingerprint density at radius 2 is 2.07 bits per heavy atom. The number of carbonyl (C=O) groups excluding carboxylic acids is 1. The molecule has 1 fully saturated rings. The predicted molar refractivity (Wildman–Crippen MR) is 107 cm³/mol. The van der Waals surface area contributed by atoms with Gasteiger partial charge < -0.3 is 15.0 Å². The molecule has 1 aromatic heterocycles. The summed E-state index contributed by atoms with van der Waals surface area (Å²) < 4.78 is 7.54. The highest BCUT2D eigenvalue weighted by Crippen LogP contribution is 2.27. The van der Waals surface area contributed by atoms with Crippen LogP contribution >= 0.6 is 11.8 Å². The monoisotopic (exact) mass is 387 g/mol. The number of rotatable bonds is 8. The number of hydrogen-bond donors (Lipinski definition) is 1. The normalized spacial score (nSPS) is 15.4. The minimum absolute atomic E-state index is 0.0397. The zero-order chi connectivity index (χ0) is 19.1. The van der Waals surface area contributed by atoms with Gasteiger partial charge in [0.05, 0.1) is 25.0 Å². The number of anilines is 1. The molecule has 0 spiro atoms. The van der Waals surface area contributed by atoms with Crippen molar-refractivity contribution in [3.05, 3.63) is 48.6 Å². The molecular weight excluding hydrogens is 362 g/mol. The van der Waals surface area contributed by atoms with E-state index in [2.05, 4.69) is 43.7 Å². The van der Waals surface area contributed by atoms with Crippen LogP contribution in [0.4, 0.5) is 5.95 Å². The minimum Gasteiger partial charge on any atom is -0.378 e. The average Bonchev–Trinajstić information content (AvgIpc) is 3.09. The standard InChI is InChI=1S/C19H25N5O2S/c1-3-9-20-17(25)15(2)27-19-22-21-18(23-10-12-26-13-11-23)24(19)14-16-7-5-4-6-8-16/h3-8,15H,1,9-14H2,2H3,(H,20,25)/t15-/m1/s1. The lowest BCUT2D eigenvalue weighted by molar-refractivity contribution is -0.120. The van der Waals surface area contributed by atoms with Crippen molar-refractivity contribution >= 4 is 23.6 Å². The van der Waals surface area contributed by atoms with Gasteiger partial charge >= 0.3 is 0 Å². The molecule has 1 aliphatic heterocycles. The molecule has 1 aliphatic rings. The number of amides is 1. The van der Waals surface area contributed by atoms with Gasteiger partial charge in [0.1, 0.15) is 0 Å². The summed E-state index contributed by atoms with van der Waals surface area (Å²) in [6.45, 7) is 9.55. The second-order valence-electron chi connectivity index (χ2n) is 6.25. The molecule has 0 saturated carbocycles. The molecule has 1 atom stereocenters. The molecule has 2 aromatic rings. The third kappa shape index (κ3) is 5.11. The number of thioether (sulfide) groups is 1. The molecule has 1 N–H and O–H groups in total. The molecule has 1 saturated heterocycles. The Morgan fingerprint density at radius 1 is 1.33 bits per heavy atom. The van der Waals surface area contributed by atoms with Crippen LogP contribution in [0.5, 0.6) is 0 Å². The summed E-state index contributed by atoms with van der Waals surface area (Å²) in [5.41, 5.74) is 1.16. The molecule has 27 heavy (non-hydrogen) atoms. The number of nitrogens with zero attached hydrogens (tertiary/aromatic N) is 4. The Morgan fingerprint density at radius 3 is 2.78 bits per heavy atom. The average molecular weight is 388 g/mol. The van der Waals surface area contributed by atoms with E-state index >= 15 is 0 Å². The van der Waals surface area contributed by atoms with Crippen LogP contribution in [0.1, 0.15) is 12.5 Å². The van der Waals surface area contributed by atoms with Crippen molar-refractivity contribution in [3.63, 3.8) is 0 Å². The maximum atomic E-state index is 12.2. The summed E-state index contributed by atoms with van der Waals surface area (Å²) in [6, 6.07) is 10.2. The number of ether oxygens (including phenoxy) is 1. The highest BCUT2D eigenvalue weighted by molar-refractivity contribution is 8.00. The van der Waals surface area contributed by atoms with Crippen LogP contribution in [-0.2, 0) is 16.1 Å². The largest absolute Gasteiger partial charge is 0.378 e. The van der Waals surface area contributed by atoms with Crippen molar-refractivity contribution in [3.8, 4) is 0 Å². The first-order chi connectivity index (χ1) is 13.2. The lowest BCUT2D eigenvalue weighted by Crippen LogP contribution is -2.38. The van der Waals surface area contributed by atoms with Crippen LogP contribution in [-0.4, -0.2) is 58.8 Å². The number of aromatic nitrogens is 3. The Balaban J connectivity index is 1.82. The van der Waals surface area contributed by atoms with Crippen LogP contribution in [0.25, 0.3) is 0 Å². The number of carbonyl (C=O) groups is 1. The minimum atomic E-state index is -0.277. The Hall–Kier alpha value is -2.32. The quantitative estimate of drug-likeness (QED) is 0.551. The van der Waals surface area contributed by atoms with Crippen LogP contribution in [0.3, 0.4) is 0 Å². The van der Waals surface area contributed by atoms with Crippen LogP contribution < -0.4 is 10.2 Å². The molecule has 7 nitrogen and oxygen atoms in total. The molecule has 3 rings (SSSR count). The molecule has 2 heterocycles. The van der Waals surface area contributed by atoms with Crippen molar-refractivity contribution < 1.29 is 9.53 Å². The molecule has 0 bridgehead atoms. The van der Waals surface area contributed by atoms with Crippen LogP contribution in [0, 0.1) is 0 Å². The zero-order valence-electron chi connectivity index (χ0n) is 15.5. The van der Waals surface area contributed by atoms with E-state index in [1.54, 1.807) is 6.08 Å². The fourth-order valence-corrected chi connectivity index (χ4v) is 3.67. The molecule has 1 aromatic carbocycles. The van der Waals surface area contributed by atoms with Crippen molar-refractivity contribution in [2.45, 2.75) is 23.9 Å². The van der Waals surface area contributed by atoms with Gasteiger partial charge in [0.25, 0.3) is 0 Å². The van der Waals surface area contributed by atoms with E-state index in [9.17, 15) is 4.79 Å². The Kier molecular flexibility index (Phi) is 6.89. The maximum absolute atomic E-state index is 12.2. The van der Waals surface area contributed by atoms with E-state index in [4.69, 9.17) is 4.74 Å². The molecule has 0 radical (unpaired) electrons. The lowest BCUT2D eigenvalue weighted by Gasteiger charge is -2.28. The fourth-order valence-electron chi connectivity index (χ4n) is 2.80. The highest BCUT2D eigenvalue weighted by Gasteiger charge is 2.23. The summed E-state index contributed by atoms with van der Waals surface area (Å²) in [6.07, 6.45) is 1.67. The first kappa shape index (κ1) is 19.4. The van der Waals surface area contributed by atoms with Gasteiger partial charge in [-0.15, -0.1) is 16.8 Å². The third-order valence-corrected chi connectivity index (χ3v) is 5.33. The van der Waals surface area contributed by atoms with Crippen molar-refractivity contribution in [1.82, 2.24) is 20.1 Å². The van der Waals surface area contributed by atoms with Gasteiger partial charge in [-0.2, -0.15) is 0 Å². The number of morpholine rings is 1. The van der Waals surface area contributed by atoms with Gasteiger partial charge in [-0.25, -0.2) is 0 Å². The Labute approximate surface area is 163 Å². The summed E-state index contributed by atoms with van der Waals surface area (Å²) in [5.74, 6) is 0.783. The second kappa shape index (κ2) is 9.57. The van der Waals surface area contributed by atoms with Crippen LogP contribution in [0.2, 0.25) is 0 Å². The third-order valence-electron chi connectivity index (χ3n) is 4.25. The summed E-state index contributed by atoms with van der Waals surface area (Å²) >= 11 is 1.42. The highest BCUT2D eigenvalue weighted by atomic mass is 32.2. The number of hydrogen-bond acceptors (Lipinski definition) is 6. The van der Waals surface area contributed by atoms with Gasteiger partial charge in [-0.3, -0.25) is 9.36 Å². The van der Waals surface area contributed by atoms with Gasteiger partial charge in [-0.1, -0.05) is 48.2 Å². The van der Waals surface area contributed by atoms with Gasteiger partial charge in [0.15, 0.2) is 5.16 Å². The van der Waals surface area contributed by atoms with Gasteiger partial charge in [-0.05, 0) is 12.5 Å². The zero-order valence-corrected chi connectivity index (χ0v) is 16.3. The van der Waals surface area contributed by atoms with Gasteiger partial charge in [0, 0.05) is 19.6 Å².